The van der Waals surface area contributed by atoms with E-state index in [-0.39, 0.29) is 18.6 Å². The Morgan fingerprint density at radius 3 is 2.76 bits per heavy atom. The lowest BCUT2D eigenvalue weighted by Crippen LogP contribution is -2.49. The van der Waals surface area contributed by atoms with E-state index in [2.05, 4.69) is 15.2 Å². The van der Waals surface area contributed by atoms with E-state index in [0.717, 1.165) is 25.5 Å². The summed E-state index contributed by atoms with van der Waals surface area (Å²) >= 11 is 0. The maximum Gasteiger partial charge on any atom is 0.421 e. The van der Waals surface area contributed by atoms with Gasteiger partial charge in [-0.05, 0) is 52.4 Å². The third-order valence-corrected chi connectivity index (χ3v) is 4.22. The third kappa shape index (κ3) is 5.59. The Morgan fingerprint density at radius 1 is 1.44 bits per heavy atom. The fourth-order valence-corrected chi connectivity index (χ4v) is 2.89. The summed E-state index contributed by atoms with van der Waals surface area (Å²) in [6.07, 6.45) is -0.877. The zero-order valence-corrected chi connectivity index (χ0v) is 14.7. The molecule has 0 radical (unpaired) electrons. The molecule has 2 heterocycles. The monoisotopic (exact) mass is 359 g/mol. The summed E-state index contributed by atoms with van der Waals surface area (Å²) in [5.74, 6) is -0.614. The zero-order chi connectivity index (χ0) is 18.7. The minimum absolute atomic E-state index is 0.112. The van der Waals surface area contributed by atoms with E-state index in [1.54, 1.807) is 13.8 Å². The number of hydrogen-bond donors (Lipinski definition) is 1. The summed E-state index contributed by atoms with van der Waals surface area (Å²) in [5, 5.41) is 2.83. The highest BCUT2D eigenvalue weighted by Gasteiger charge is 2.35. The van der Waals surface area contributed by atoms with Crippen LogP contribution >= 0.6 is 0 Å². The van der Waals surface area contributed by atoms with Crippen molar-refractivity contribution in [3.05, 3.63) is 23.9 Å². The molecule has 0 aliphatic carbocycles. The van der Waals surface area contributed by atoms with Gasteiger partial charge in [0, 0.05) is 18.7 Å². The van der Waals surface area contributed by atoms with E-state index < -0.39 is 23.2 Å². The number of pyridine rings is 1. The molecule has 1 N–H and O–H groups in total. The maximum absolute atomic E-state index is 12.9. The van der Waals surface area contributed by atoms with Gasteiger partial charge in [0.2, 0.25) is 11.8 Å². The van der Waals surface area contributed by atoms with Gasteiger partial charge in [0.15, 0.2) is 0 Å². The van der Waals surface area contributed by atoms with Crippen LogP contribution in [-0.4, -0.2) is 47.6 Å². The van der Waals surface area contributed by atoms with Crippen molar-refractivity contribution in [2.45, 2.75) is 50.9 Å². The van der Waals surface area contributed by atoms with Crippen LogP contribution in [0.1, 0.15) is 38.7 Å². The van der Waals surface area contributed by atoms with Crippen molar-refractivity contribution in [3.63, 3.8) is 0 Å². The van der Waals surface area contributed by atoms with Crippen LogP contribution in [0.2, 0.25) is 0 Å². The van der Waals surface area contributed by atoms with E-state index in [0.29, 0.717) is 6.42 Å². The van der Waals surface area contributed by atoms with E-state index >= 15 is 0 Å². The maximum atomic E-state index is 12.9. The molecule has 0 saturated carbocycles. The third-order valence-electron chi connectivity index (χ3n) is 4.22. The Balaban J connectivity index is 1.92. The average Bonchev–Trinajstić information content (AvgIpc) is 2.89. The summed E-state index contributed by atoms with van der Waals surface area (Å²) in [5.41, 5.74) is -1.74. The Hall–Kier alpha value is -1.83. The predicted octanol–water partition coefficient (Wildman–Crippen LogP) is 2.86. The number of ether oxygens (including phenoxy) is 1. The molecule has 0 aromatic carbocycles. The standard InChI is InChI=1S/C17H24F3N3O2/c1-16(2,22-14(24)10-12-6-5-9-23(12)3)11-25-15-13(17(18,19)20)7-4-8-21-15/h4,7-8,12H,5-6,9-11H2,1-3H3,(H,22,24)/t12-/m1/s1. The smallest absolute Gasteiger partial charge is 0.421 e. The molecule has 1 amide bonds. The van der Waals surface area contributed by atoms with Crippen molar-refractivity contribution in [1.29, 1.82) is 0 Å². The van der Waals surface area contributed by atoms with Crippen molar-refractivity contribution in [1.82, 2.24) is 15.2 Å². The van der Waals surface area contributed by atoms with Crippen LogP contribution in [0.3, 0.4) is 0 Å². The molecular formula is C17H24F3N3O2. The first-order chi connectivity index (χ1) is 11.6. The van der Waals surface area contributed by atoms with Crippen LogP contribution in [0, 0.1) is 0 Å². The van der Waals surface area contributed by atoms with Gasteiger partial charge in [-0.15, -0.1) is 0 Å². The molecule has 140 valence electrons. The topological polar surface area (TPSA) is 54.5 Å². The minimum atomic E-state index is -4.54. The number of likely N-dealkylation sites (tertiary alicyclic amines) is 1. The molecule has 5 nitrogen and oxygen atoms in total. The number of alkyl halides is 3. The fraction of sp³-hybridized carbons (Fsp3) is 0.647. The fourth-order valence-electron chi connectivity index (χ4n) is 2.89. The number of hydrogen-bond acceptors (Lipinski definition) is 4. The van der Waals surface area contributed by atoms with Gasteiger partial charge in [0.05, 0.1) is 5.54 Å². The van der Waals surface area contributed by atoms with E-state index in [4.69, 9.17) is 4.74 Å². The highest BCUT2D eigenvalue weighted by molar-refractivity contribution is 5.77. The van der Waals surface area contributed by atoms with Gasteiger partial charge in [-0.2, -0.15) is 13.2 Å². The summed E-state index contributed by atoms with van der Waals surface area (Å²) in [4.78, 5) is 18.0. The van der Waals surface area contributed by atoms with Gasteiger partial charge in [-0.1, -0.05) is 0 Å². The molecule has 1 aromatic heterocycles. The molecule has 25 heavy (non-hydrogen) atoms. The molecule has 0 unspecified atom stereocenters. The highest BCUT2D eigenvalue weighted by Crippen LogP contribution is 2.34. The molecular weight excluding hydrogens is 335 g/mol. The number of nitrogens with one attached hydrogen (secondary N) is 1. The molecule has 1 aliphatic rings. The van der Waals surface area contributed by atoms with Crippen molar-refractivity contribution < 1.29 is 22.7 Å². The van der Waals surface area contributed by atoms with Gasteiger partial charge in [-0.25, -0.2) is 4.98 Å². The summed E-state index contributed by atoms with van der Waals surface area (Å²) in [7, 11) is 1.99. The largest absolute Gasteiger partial charge is 0.475 e. The van der Waals surface area contributed by atoms with Gasteiger partial charge >= 0.3 is 6.18 Å². The first-order valence-electron chi connectivity index (χ1n) is 8.25. The number of carbonyl (C=O) groups is 1. The molecule has 1 saturated heterocycles. The highest BCUT2D eigenvalue weighted by atomic mass is 19.4. The van der Waals surface area contributed by atoms with Crippen LogP contribution in [0.25, 0.3) is 0 Å². The van der Waals surface area contributed by atoms with Crippen molar-refractivity contribution in [3.8, 4) is 5.88 Å². The van der Waals surface area contributed by atoms with Crippen LogP contribution in [-0.2, 0) is 11.0 Å². The number of nitrogens with zero attached hydrogens (tertiary/aromatic N) is 2. The van der Waals surface area contributed by atoms with Crippen molar-refractivity contribution >= 4 is 5.91 Å². The van der Waals surface area contributed by atoms with Gasteiger partial charge in [0.1, 0.15) is 12.2 Å². The number of halogens is 3. The summed E-state index contributed by atoms with van der Waals surface area (Å²) in [6, 6.07) is 2.34. The first kappa shape index (κ1) is 19.5. The predicted molar refractivity (Wildman–Crippen MR) is 87.2 cm³/mol. The first-order valence-corrected chi connectivity index (χ1v) is 8.25. The Labute approximate surface area is 145 Å². The van der Waals surface area contributed by atoms with Crippen LogP contribution in [0.15, 0.2) is 18.3 Å². The van der Waals surface area contributed by atoms with Crippen molar-refractivity contribution in [2.75, 3.05) is 20.2 Å². The number of aromatic nitrogens is 1. The van der Waals surface area contributed by atoms with E-state index in [1.807, 2.05) is 7.05 Å². The molecule has 1 fully saturated rings. The van der Waals surface area contributed by atoms with Gasteiger partial charge in [-0.3, -0.25) is 4.79 Å². The number of amides is 1. The van der Waals surface area contributed by atoms with E-state index in [9.17, 15) is 18.0 Å². The summed E-state index contributed by atoms with van der Waals surface area (Å²) in [6.45, 7) is 4.28. The normalized spacial score (nSPS) is 19.0. The number of carbonyl (C=O) groups excluding carboxylic acids is 1. The molecule has 0 bridgehead atoms. The lowest BCUT2D eigenvalue weighted by molar-refractivity contribution is -0.139. The van der Waals surface area contributed by atoms with Crippen molar-refractivity contribution in [2.24, 2.45) is 0 Å². The molecule has 8 heteroatoms. The molecule has 1 atom stereocenters. The Kier molecular flexibility index (Phi) is 5.92. The Bertz CT molecular complexity index is 605. The van der Waals surface area contributed by atoms with Gasteiger partial charge in [0.25, 0.3) is 0 Å². The minimum Gasteiger partial charge on any atom is -0.475 e. The van der Waals surface area contributed by atoms with Crippen LogP contribution in [0.5, 0.6) is 5.88 Å². The lowest BCUT2D eigenvalue weighted by atomic mass is 10.1. The second-order valence-electron chi connectivity index (χ2n) is 7.06. The second-order valence-corrected chi connectivity index (χ2v) is 7.06. The van der Waals surface area contributed by atoms with Crippen LogP contribution < -0.4 is 10.1 Å². The molecule has 1 aliphatic heterocycles. The van der Waals surface area contributed by atoms with Gasteiger partial charge < -0.3 is 15.0 Å². The second kappa shape index (κ2) is 7.59. The average molecular weight is 359 g/mol. The Morgan fingerprint density at radius 2 is 2.16 bits per heavy atom. The SMILES string of the molecule is CN1CCC[C@@H]1CC(=O)NC(C)(C)COc1ncccc1C(F)(F)F. The summed E-state index contributed by atoms with van der Waals surface area (Å²) < 4.78 is 44.1. The lowest BCUT2D eigenvalue weighted by Gasteiger charge is -2.28. The van der Waals surface area contributed by atoms with Crippen LogP contribution in [0.4, 0.5) is 13.2 Å². The zero-order valence-electron chi connectivity index (χ0n) is 14.7. The molecule has 0 spiro atoms. The molecule has 2 rings (SSSR count). The quantitative estimate of drug-likeness (QED) is 0.849. The van der Waals surface area contributed by atoms with E-state index in [1.165, 1.54) is 12.3 Å². The number of rotatable bonds is 6. The molecule has 1 aromatic rings.